The van der Waals surface area contributed by atoms with E-state index >= 15 is 0 Å². The van der Waals surface area contributed by atoms with Gasteiger partial charge in [0.2, 0.25) is 17.8 Å². The standard InChI is InChI=1S/C21H23ClN6.ClH/c1-14-8-9-18(12-15(14)2)24-20-25-19(23-17-7-5-6-16(22)13-17)26-21(27-20)28-10-3-4-11-28;/h5-9,12-13H,3-4,10-11H2,1-2H3,(H2,23,24,25,26,27);1H. The van der Waals surface area contributed by atoms with Crippen LogP contribution in [0.1, 0.15) is 24.0 Å². The van der Waals surface area contributed by atoms with Gasteiger partial charge in [-0.15, -0.1) is 12.4 Å². The Kier molecular flexibility index (Phi) is 6.77. The lowest BCUT2D eigenvalue weighted by molar-refractivity contribution is 0.886. The minimum absolute atomic E-state index is 0. The average Bonchev–Trinajstić information content (AvgIpc) is 3.19. The molecular weight excluding hydrogens is 407 g/mol. The van der Waals surface area contributed by atoms with Crippen molar-refractivity contribution in [1.82, 2.24) is 15.0 Å². The molecule has 0 radical (unpaired) electrons. The highest BCUT2D eigenvalue weighted by Crippen LogP contribution is 2.24. The molecule has 2 N–H and O–H groups in total. The van der Waals surface area contributed by atoms with Gasteiger partial charge >= 0.3 is 0 Å². The zero-order chi connectivity index (χ0) is 19.5. The molecule has 29 heavy (non-hydrogen) atoms. The predicted octanol–water partition coefficient (Wildman–Crippen LogP) is 5.65. The van der Waals surface area contributed by atoms with Crippen LogP contribution in [0.3, 0.4) is 0 Å². The van der Waals surface area contributed by atoms with E-state index in [0.717, 1.165) is 37.3 Å². The van der Waals surface area contributed by atoms with Crippen LogP contribution in [-0.4, -0.2) is 28.0 Å². The first kappa shape index (κ1) is 21.1. The quantitative estimate of drug-likeness (QED) is 0.544. The van der Waals surface area contributed by atoms with E-state index in [9.17, 15) is 0 Å². The Morgan fingerprint density at radius 1 is 0.828 bits per heavy atom. The lowest BCUT2D eigenvalue weighted by Crippen LogP contribution is -2.21. The van der Waals surface area contributed by atoms with Crippen molar-refractivity contribution < 1.29 is 0 Å². The van der Waals surface area contributed by atoms with Gasteiger partial charge < -0.3 is 15.5 Å². The van der Waals surface area contributed by atoms with Gasteiger partial charge in [0.15, 0.2) is 0 Å². The average molecular weight is 431 g/mol. The molecule has 0 spiro atoms. The number of nitrogens with zero attached hydrogens (tertiary/aromatic N) is 4. The third-order valence-corrected chi connectivity index (χ3v) is 5.09. The van der Waals surface area contributed by atoms with Crippen molar-refractivity contribution in [3.63, 3.8) is 0 Å². The van der Waals surface area contributed by atoms with Crippen LogP contribution < -0.4 is 15.5 Å². The Balaban J connectivity index is 0.00000240. The minimum atomic E-state index is 0. The molecule has 4 rings (SSSR count). The molecule has 0 saturated carbocycles. The van der Waals surface area contributed by atoms with Gasteiger partial charge in [-0.2, -0.15) is 15.0 Å². The van der Waals surface area contributed by atoms with Gasteiger partial charge in [-0.25, -0.2) is 0 Å². The van der Waals surface area contributed by atoms with Crippen molar-refractivity contribution >= 4 is 53.2 Å². The van der Waals surface area contributed by atoms with Crippen molar-refractivity contribution in [2.75, 3.05) is 28.6 Å². The molecule has 8 heteroatoms. The fourth-order valence-corrected chi connectivity index (χ4v) is 3.37. The maximum absolute atomic E-state index is 6.10. The van der Waals surface area contributed by atoms with Gasteiger partial charge in [0.25, 0.3) is 0 Å². The zero-order valence-electron chi connectivity index (χ0n) is 16.4. The zero-order valence-corrected chi connectivity index (χ0v) is 18.0. The van der Waals surface area contributed by atoms with Gasteiger partial charge in [-0.3, -0.25) is 0 Å². The molecule has 1 aliphatic heterocycles. The van der Waals surface area contributed by atoms with E-state index in [2.05, 4.69) is 56.5 Å². The SMILES string of the molecule is Cc1ccc(Nc2nc(Nc3cccc(Cl)c3)nc(N3CCCC3)n2)cc1C.Cl. The molecule has 6 nitrogen and oxygen atoms in total. The first-order valence-corrected chi connectivity index (χ1v) is 9.82. The summed E-state index contributed by atoms with van der Waals surface area (Å²) in [5.74, 6) is 1.69. The van der Waals surface area contributed by atoms with Crippen molar-refractivity contribution in [1.29, 1.82) is 0 Å². The molecule has 2 aromatic carbocycles. The molecule has 1 fully saturated rings. The van der Waals surface area contributed by atoms with Gasteiger partial charge in [0, 0.05) is 29.5 Å². The Morgan fingerprint density at radius 2 is 1.48 bits per heavy atom. The molecule has 0 atom stereocenters. The number of nitrogens with one attached hydrogen (secondary N) is 2. The van der Waals surface area contributed by atoms with E-state index in [-0.39, 0.29) is 12.4 Å². The summed E-state index contributed by atoms with van der Waals surface area (Å²) in [5.41, 5.74) is 4.26. The normalized spacial score (nSPS) is 13.1. The van der Waals surface area contributed by atoms with Gasteiger partial charge in [-0.1, -0.05) is 23.7 Å². The van der Waals surface area contributed by atoms with E-state index in [0.29, 0.717) is 22.9 Å². The topological polar surface area (TPSA) is 66.0 Å². The van der Waals surface area contributed by atoms with Crippen LogP contribution >= 0.6 is 24.0 Å². The number of hydrogen-bond donors (Lipinski definition) is 2. The lowest BCUT2D eigenvalue weighted by Gasteiger charge is -2.17. The first-order valence-electron chi connectivity index (χ1n) is 9.45. The summed E-state index contributed by atoms with van der Waals surface area (Å²) in [4.78, 5) is 16.0. The molecule has 0 aliphatic carbocycles. The second-order valence-corrected chi connectivity index (χ2v) is 7.47. The van der Waals surface area contributed by atoms with Crippen molar-refractivity contribution in [3.05, 3.63) is 58.6 Å². The largest absolute Gasteiger partial charge is 0.341 e. The van der Waals surface area contributed by atoms with E-state index in [1.165, 1.54) is 11.1 Å². The van der Waals surface area contributed by atoms with Crippen LogP contribution in [0.25, 0.3) is 0 Å². The Morgan fingerprint density at radius 3 is 2.10 bits per heavy atom. The second kappa shape index (κ2) is 9.29. The number of hydrogen-bond acceptors (Lipinski definition) is 6. The summed E-state index contributed by atoms with van der Waals surface area (Å²) in [5, 5.41) is 7.22. The third kappa shape index (κ3) is 5.28. The molecule has 1 aliphatic rings. The van der Waals surface area contributed by atoms with Crippen molar-refractivity contribution in [2.45, 2.75) is 26.7 Å². The van der Waals surface area contributed by atoms with E-state index < -0.39 is 0 Å². The maximum atomic E-state index is 6.10. The highest BCUT2D eigenvalue weighted by atomic mass is 35.5. The number of aromatic nitrogens is 3. The molecule has 0 amide bonds. The number of rotatable bonds is 5. The van der Waals surface area contributed by atoms with Crippen LogP contribution in [0.15, 0.2) is 42.5 Å². The van der Waals surface area contributed by atoms with Crippen molar-refractivity contribution in [2.24, 2.45) is 0 Å². The summed E-state index contributed by atoms with van der Waals surface area (Å²) in [7, 11) is 0. The Bertz CT molecular complexity index is 989. The summed E-state index contributed by atoms with van der Waals surface area (Å²) in [6.45, 7) is 6.11. The first-order chi connectivity index (χ1) is 13.6. The van der Waals surface area contributed by atoms with Gasteiger partial charge in [-0.05, 0) is 68.1 Å². The highest BCUT2D eigenvalue weighted by molar-refractivity contribution is 6.30. The van der Waals surface area contributed by atoms with Crippen molar-refractivity contribution in [3.8, 4) is 0 Å². The molecule has 0 bridgehead atoms. The molecule has 3 aromatic rings. The molecular formula is C21H24Cl2N6. The molecule has 152 valence electrons. The molecule has 0 unspecified atom stereocenters. The lowest BCUT2D eigenvalue weighted by atomic mass is 10.1. The highest BCUT2D eigenvalue weighted by Gasteiger charge is 2.18. The van der Waals surface area contributed by atoms with Gasteiger partial charge in [0.05, 0.1) is 0 Å². The third-order valence-electron chi connectivity index (χ3n) is 4.86. The minimum Gasteiger partial charge on any atom is -0.341 e. The maximum Gasteiger partial charge on any atom is 0.233 e. The van der Waals surface area contributed by atoms with Crippen LogP contribution in [0.2, 0.25) is 5.02 Å². The number of benzene rings is 2. The van der Waals surface area contributed by atoms with E-state index in [1.807, 2.05) is 30.3 Å². The number of anilines is 5. The smallest absolute Gasteiger partial charge is 0.233 e. The summed E-state index contributed by atoms with van der Waals surface area (Å²) in [6.07, 6.45) is 2.31. The van der Waals surface area contributed by atoms with E-state index in [4.69, 9.17) is 11.6 Å². The molecule has 2 heterocycles. The van der Waals surface area contributed by atoms with Crippen LogP contribution in [-0.2, 0) is 0 Å². The molecule has 1 saturated heterocycles. The van der Waals surface area contributed by atoms with Crippen LogP contribution in [0.4, 0.5) is 29.2 Å². The Hall–Kier alpha value is -2.57. The fraction of sp³-hybridized carbons (Fsp3) is 0.286. The van der Waals surface area contributed by atoms with Gasteiger partial charge in [0.1, 0.15) is 0 Å². The number of aryl methyl sites for hydroxylation is 2. The fourth-order valence-electron chi connectivity index (χ4n) is 3.18. The van der Waals surface area contributed by atoms with Crippen LogP contribution in [0.5, 0.6) is 0 Å². The summed E-state index contributed by atoms with van der Waals surface area (Å²) < 4.78 is 0. The summed E-state index contributed by atoms with van der Waals surface area (Å²) in [6, 6.07) is 13.7. The number of halogens is 2. The Labute approximate surface area is 182 Å². The molecule has 1 aromatic heterocycles. The monoisotopic (exact) mass is 430 g/mol. The second-order valence-electron chi connectivity index (χ2n) is 7.04. The predicted molar refractivity (Wildman–Crippen MR) is 122 cm³/mol. The van der Waals surface area contributed by atoms with E-state index in [1.54, 1.807) is 0 Å². The summed E-state index contributed by atoms with van der Waals surface area (Å²) >= 11 is 6.10. The van der Waals surface area contributed by atoms with Crippen LogP contribution in [0, 0.1) is 13.8 Å².